The Morgan fingerprint density at radius 2 is 1.72 bits per heavy atom. The van der Waals surface area contributed by atoms with Gasteiger partial charge in [0.05, 0.1) is 0 Å². The van der Waals surface area contributed by atoms with Crippen molar-refractivity contribution in [3.05, 3.63) is 77.5 Å². The number of nitrogens with zero attached hydrogens (tertiary/aromatic N) is 3. The highest BCUT2D eigenvalue weighted by Gasteiger charge is 2.12. The summed E-state index contributed by atoms with van der Waals surface area (Å²) < 4.78 is 0. The number of hydrogen-bond acceptors (Lipinski definition) is 4. The van der Waals surface area contributed by atoms with Crippen LogP contribution in [0.25, 0.3) is 0 Å². The lowest BCUT2D eigenvalue weighted by Crippen LogP contribution is -2.17. The lowest BCUT2D eigenvalue weighted by Gasteiger charge is -2.17. The molecule has 5 nitrogen and oxygen atoms in total. The minimum atomic E-state index is -0.268. The van der Waals surface area contributed by atoms with E-state index in [4.69, 9.17) is 0 Å². The van der Waals surface area contributed by atoms with Crippen molar-refractivity contribution in [2.75, 3.05) is 17.3 Å². The van der Waals surface area contributed by atoms with Gasteiger partial charge >= 0.3 is 0 Å². The summed E-state index contributed by atoms with van der Waals surface area (Å²) in [4.78, 5) is 14.3. The number of hydrogen-bond donors (Lipinski definition) is 1. The maximum absolute atomic E-state index is 12.4. The Morgan fingerprint density at radius 1 is 0.960 bits per heavy atom. The molecule has 0 aliphatic carbocycles. The molecule has 0 fully saturated rings. The van der Waals surface area contributed by atoms with Crippen molar-refractivity contribution in [3.8, 4) is 0 Å². The Morgan fingerprint density at radius 3 is 2.40 bits per heavy atom. The van der Waals surface area contributed by atoms with Crippen molar-refractivity contribution in [2.45, 2.75) is 13.8 Å². The summed E-state index contributed by atoms with van der Waals surface area (Å²) >= 11 is 0. The number of amides is 1. The zero-order valence-electron chi connectivity index (χ0n) is 14.5. The Kier molecular flexibility index (Phi) is 4.75. The molecule has 0 saturated carbocycles. The Balaban J connectivity index is 1.76. The van der Waals surface area contributed by atoms with Gasteiger partial charge in [-0.05, 0) is 55.3 Å². The molecule has 0 bridgehead atoms. The number of para-hydroxylation sites is 1. The Labute approximate surface area is 147 Å². The first-order valence-electron chi connectivity index (χ1n) is 8.06. The summed E-state index contributed by atoms with van der Waals surface area (Å²) in [6, 6.07) is 19.3. The third-order valence-corrected chi connectivity index (χ3v) is 4.01. The number of benzene rings is 2. The van der Waals surface area contributed by atoms with E-state index in [0.29, 0.717) is 5.82 Å². The molecule has 3 aromatic rings. The molecule has 0 saturated heterocycles. The van der Waals surface area contributed by atoms with Gasteiger partial charge in [0.2, 0.25) is 0 Å². The summed E-state index contributed by atoms with van der Waals surface area (Å²) in [6.07, 6.45) is 0. The van der Waals surface area contributed by atoms with Crippen LogP contribution in [0, 0.1) is 13.8 Å². The molecular formula is C20H20N4O. The van der Waals surface area contributed by atoms with Crippen molar-refractivity contribution in [1.82, 2.24) is 10.2 Å². The van der Waals surface area contributed by atoms with Crippen molar-refractivity contribution < 1.29 is 4.79 Å². The smallest absolute Gasteiger partial charge is 0.276 e. The zero-order chi connectivity index (χ0) is 17.8. The maximum atomic E-state index is 12.4. The molecule has 25 heavy (non-hydrogen) atoms. The van der Waals surface area contributed by atoms with Gasteiger partial charge in [0.1, 0.15) is 0 Å². The number of carbonyl (C=O) groups excluding carboxylic acids is 1. The second-order valence-electron chi connectivity index (χ2n) is 5.94. The molecule has 0 radical (unpaired) electrons. The van der Waals surface area contributed by atoms with Crippen LogP contribution >= 0.6 is 0 Å². The second kappa shape index (κ2) is 7.13. The zero-order valence-corrected chi connectivity index (χ0v) is 14.5. The van der Waals surface area contributed by atoms with E-state index in [1.807, 2.05) is 74.3 Å². The standard InChI is InChI=1S/C20H20N4O/c1-14-9-10-15(2)18(13-14)21-20(25)17-11-12-19(23-22-17)24(3)16-7-5-4-6-8-16/h4-13H,1-3H3,(H,21,25). The molecule has 1 N–H and O–H groups in total. The van der Waals surface area contributed by atoms with Crippen LogP contribution in [0.2, 0.25) is 0 Å². The van der Waals surface area contributed by atoms with Gasteiger partial charge in [-0.1, -0.05) is 30.3 Å². The third kappa shape index (κ3) is 3.83. The monoisotopic (exact) mass is 332 g/mol. The van der Waals surface area contributed by atoms with Crippen LogP contribution in [0.4, 0.5) is 17.2 Å². The van der Waals surface area contributed by atoms with E-state index in [1.165, 1.54) is 0 Å². The molecule has 0 aliphatic rings. The molecule has 2 aromatic carbocycles. The van der Waals surface area contributed by atoms with Crippen LogP contribution in [0.15, 0.2) is 60.7 Å². The topological polar surface area (TPSA) is 58.1 Å². The fraction of sp³-hybridized carbons (Fsp3) is 0.150. The van der Waals surface area contributed by atoms with Crippen LogP contribution in [0.5, 0.6) is 0 Å². The van der Waals surface area contributed by atoms with E-state index >= 15 is 0 Å². The van der Waals surface area contributed by atoms with E-state index in [2.05, 4.69) is 15.5 Å². The molecule has 0 unspecified atom stereocenters. The van der Waals surface area contributed by atoms with Crippen molar-refractivity contribution in [1.29, 1.82) is 0 Å². The minimum Gasteiger partial charge on any atom is -0.328 e. The number of anilines is 3. The highest BCUT2D eigenvalue weighted by atomic mass is 16.1. The molecule has 1 heterocycles. The molecule has 126 valence electrons. The van der Waals surface area contributed by atoms with Gasteiger partial charge in [-0.3, -0.25) is 4.79 Å². The number of rotatable bonds is 4. The Hall–Kier alpha value is -3.21. The minimum absolute atomic E-state index is 0.268. The lowest BCUT2D eigenvalue weighted by molar-refractivity contribution is 0.102. The number of aryl methyl sites for hydroxylation is 2. The normalized spacial score (nSPS) is 10.4. The van der Waals surface area contributed by atoms with Gasteiger partial charge in [-0.25, -0.2) is 0 Å². The molecule has 3 rings (SSSR count). The highest BCUT2D eigenvalue weighted by Crippen LogP contribution is 2.21. The van der Waals surface area contributed by atoms with Gasteiger partial charge in [-0.15, -0.1) is 10.2 Å². The first-order valence-corrected chi connectivity index (χ1v) is 8.06. The van der Waals surface area contributed by atoms with Crippen LogP contribution in [-0.2, 0) is 0 Å². The van der Waals surface area contributed by atoms with Gasteiger partial charge in [0, 0.05) is 18.4 Å². The molecule has 0 aliphatic heterocycles. The largest absolute Gasteiger partial charge is 0.328 e. The lowest BCUT2D eigenvalue weighted by atomic mass is 10.1. The summed E-state index contributed by atoms with van der Waals surface area (Å²) in [5.41, 5.74) is 4.17. The highest BCUT2D eigenvalue weighted by molar-refractivity contribution is 6.03. The van der Waals surface area contributed by atoms with Gasteiger partial charge in [0.25, 0.3) is 5.91 Å². The quantitative estimate of drug-likeness (QED) is 0.781. The summed E-state index contributed by atoms with van der Waals surface area (Å²) in [5, 5.41) is 11.1. The van der Waals surface area contributed by atoms with E-state index in [9.17, 15) is 4.79 Å². The fourth-order valence-corrected chi connectivity index (χ4v) is 2.47. The van der Waals surface area contributed by atoms with Gasteiger partial charge in [0.15, 0.2) is 11.5 Å². The number of nitrogens with one attached hydrogen (secondary N) is 1. The fourth-order valence-electron chi connectivity index (χ4n) is 2.47. The van der Waals surface area contributed by atoms with Crippen LogP contribution < -0.4 is 10.2 Å². The third-order valence-electron chi connectivity index (χ3n) is 4.01. The van der Waals surface area contributed by atoms with Crippen molar-refractivity contribution >= 4 is 23.1 Å². The van der Waals surface area contributed by atoms with Crippen LogP contribution in [0.3, 0.4) is 0 Å². The average molecular weight is 332 g/mol. The van der Waals surface area contributed by atoms with Crippen molar-refractivity contribution in [2.24, 2.45) is 0 Å². The molecule has 0 atom stereocenters. The summed E-state index contributed by atoms with van der Waals surface area (Å²) in [7, 11) is 1.91. The molecule has 1 amide bonds. The number of aromatic nitrogens is 2. The van der Waals surface area contributed by atoms with Crippen LogP contribution in [-0.4, -0.2) is 23.2 Å². The SMILES string of the molecule is Cc1ccc(C)c(NC(=O)c2ccc(N(C)c3ccccc3)nn2)c1. The second-order valence-corrected chi connectivity index (χ2v) is 5.94. The Bertz CT molecular complexity index is 876. The first-order chi connectivity index (χ1) is 12.0. The predicted octanol–water partition coefficient (Wildman–Crippen LogP) is 4.11. The molecule has 1 aromatic heterocycles. The molecule has 0 spiro atoms. The van der Waals surface area contributed by atoms with Crippen molar-refractivity contribution in [3.63, 3.8) is 0 Å². The summed E-state index contributed by atoms with van der Waals surface area (Å²) in [5.74, 6) is 0.407. The first kappa shape index (κ1) is 16.6. The van der Waals surface area contributed by atoms with E-state index in [-0.39, 0.29) is 11.6 Å². The average Bonchev–Trinajstić information content (AvgIpc) is 2.65. The van der Waals surface area contributed by atoms with E-state index in [1.54, 1.807) is 12.1 Å². The van der Waals surface area contributed by atoms with Crippen LogP contribution in [0.1, 0.15) is 21.6 Å². The van der Waals surface area contributed by atoms with Gasteiger partial charge in [-0.2, -0.15) is 0 Å². The molecular weight excluding hydrogens is 312 g/mol. The molecule has 5 heteroatoms. The number of carbonyl (C=O) groups is 1. The predicted molar refractivity (Wildman–Crippen MR) is 100 cm³/mol. The van der Waals surface area contributed by atoms with E-state index < -0.39 is 0 Å². The van der Waals surface area contributed by atoms with Gasteiger partial charge < -0.3 is 10.2 Å². The summed E-state index contributed by atoms with van der Waals surface area (Å²) in [6.45, 7) is 3.95. The maximum Gasteiger partial charge on any atom is 0.276 e. The van der Waals surface area contributed by atoms with E-state index in [0.717, 1.165) is 22.5 Å².